The predicted molar refractivity (Wildman–Crippen MR) is 336 cm³/mol. The summed E-state index contributed by atoms with van der Waals surface area (Å²) in [5.74, 6) is 2.83. The Morgan fingerprint density at radius 1 is 0.986 bits per heavy atom. The number of benzene rings is 1. The monoisotopic (exact) mass is 1020 g/mol. The van der Waals surface area contributed by atoms with E-state index in [1.165, 1.54) is 83.9 Å². The van der Waals surface area contributed by atoms with Gasteiger partial charge in [-0.1, -0.05) is 218 Å². The molecule has 1 N–H and O–H groups in total. The fraction of sp³-hybridized carbons (Fsp3) is 0.629. The van der Waals surface area contributed by atoms with E-state index in [9.17, 15) is 0 Å². The molecule has 2 aliphatic heterocycles. The van der Waals surface area contributed by atoms with Crippen LogP contribution in [0, 0.1) is 58.2 Å². The third-order valence-electron chi connectivity index (χ3n) is 18.8. The Morgan fingerprint density at radius 3 is 2.28 bits per heavy atom. The predicted octanol–water partition coefficient (Wildman–Crippen LogP) is 20.2. The van der Waals surface area contributed by atoms with E-state index in [0.717, 1.165) is 42.8 Å². The first-order chi connectivity index (χ1) is 34.6. The Bertz CT molecular complexity index is 2400. The van der Waals surface area contributed by atoms with Gasteiger partial charge >= 0.3 is 0 Å². The van der Waals surface area contributed by atoms with Crippen molar-refractivity contribution in [3.63, 3.8) is 0 Å². The third kappa shape index (κ3) is 15.3. The lowest BCUT2D eigenvalue weighted by atomic mass is 9.33. The van der Waals surface area contributed by atoms with Crippen LogP contribution in [-0.2, 0) is 0 Å². The summed E-state index contributed by atoms with van der Waals surface area (Å²) >= 11 is 2.38. The first-order valence-electron chi connectivity index (χ1n) is 29.7. The molecule has 2 heterocycles. The number of allylic oxidation sites excluding steroid dienone is 14. The summed E-state index contributed by atoms with van der Waals surface area (Å²) in [6.07, 6.45) is 35.3. The number of fused-ring (bicyclic) bond motifs is 3. The van der Waals surface area contributed by atoms with E-state index in [-0.39, 0.29) is 23.0 Å². The molecule has 2 aliphatic carbocycles. The van der Waals surface area contributed by atoms with Crippen LogP contribution in [0.25, 0.3) is 11.6 Å². The third-order valence-corrected chi connectivity index (χ3v) is 20.9. The van der Waals surface area contributed by atoms with Crippen molar-refractivity contribution in [1.29, 1.82) is 0 Å². The van der Waals surface area contributed by atoms with Gasteiger partial charge < -0.3 is 5.32 Å². The van der Waals surface area contributed by atoms with E-state index < -0.39 is 0 Å². The van der Waals surface area contributed by atoms with Crippen molar-refractivity contribution in [2.24, 2.45) is 51.2 Å². The van der Waals surface area contributed by atoms with Crippen molar-refractivity contribution >= 4 is 30.1 Å². The molecule has 408 valence electrons. The molecule has 6 atom stereocenters. The van der Waals surface area contributed by atoms with E-state index >= 15 is 0 Å². The summed E-state index contributed by atoms with van der Waals surface area (Å²) in [5.41, 5.74) is 17.0. The zero-order valence-electron chi connectivity index (χ0n) is 51.5. The van der Waals surface area contributed by atoms with Crippen molar-refractivity contribution in [2.75, 3.05) is 13.1 Å². The minimum absolute atomic E-state index is 0.0714. The lowest BCUT2D eigenvalue weighted by Gasteiger charge is -2.53. The SMILES string of the molecule is C=C(/C(=C\C=C\C(C)(C)CCC(C)C)NC(/C=C(\C)C(C)C)=C1/CN(C/C=C\C(CC)=C(/C)C(C)CC)C2C(SC3C2C(C)(C)CCC3(C)C)B1C(=C/C)/C=C1\CC(C)(C)CCC1C)c1ccc(/C=C\C)c(C)c1. The first-order valence-corrected chi connectivity index (χ1v) is 30.7. The molecule has 0 radical (unpaired) electrons. The summed E-state index contributed by atoms with van der Waals surface area (Å²) in [5, 5.41) is 5.30. The second-order valence-electron chi connectivity index (χ2n) is 27.5. The maximum atomic E-state index is 4.97. The van der Waals surface area contributed by atoms with E-state index in [4.69, 9.17) is 6.58 Å². The lowest BCUT2D eigenvalue weighted by molar-refractivity contribution is 0.0144. The molecule has 1 aromatic carbocycles. The van der Waals surface area contributed by atoms with E-state index in [0.29, 0.717) is 51.4 Å². The van der Waals surface area contributed by atoms with Crippen LogP contribution in [0.5, 0.6) is 0 Å². The largest absolute Gasteiger partial charge is 0.356 e. The molecule has 1 aromatic rings. The molecule has 0 amide bonds. The fourth-order valence-electron chi connectivity index (χ4n) is 12.7. The number of thioether (sulfide) groups is 1. The zero-order chi connectivity index (χ0) is 55.1. The van der Waals surface area contributed by atoms with E-state index in [1.54, 1.807) is 11.1 Å². The molecule has 4 fully saturated rings. The van der Waals surface area contributed by atoms with Crippen LogP contribution in [0.4, 0.5) is 0 Å². The van der Waals surface area contributed by atoms with Gasteiger partial charge in [0.2, 0.25) is 6.71 Å². The first kappa shape index (κ1) is 61.6. The summed E-state index contributed by atoms with van der Waals surface area (Å²) in [4.78, 5) is 2.98. The average molecular weight is 1020 g/mol. The lowest BCUT2D eigenvalue weighted by Crippen LogP contribution is -2.61. The highest BCUT2D eigenvalue weighted by atomic mass is 32.2. The molecule has 74 heavy (non-hydrogen) atoms. The van der Waals surface area contributed by atoms with Gasteiger partial charge in [0.05, 0.1) is 0 Å². The Hall–Kier alpha value is -3.21. The second kappa shape index (κ2) is 26.0. The van der Waals surface area contributed by atoms with Crippen molar-refractivity contribution in [2.45, 2.75) is 220 Å². The van der Waals surface area contributed by atoms with Crippen LogP contribution in [0.15, 0.2) is 124 Å². The average Bonchev–Trinajstić information content (AvgIpc) is 3.77. The van der Waals surface area contributed by atoms with Crippen LogP contribution >= 0.6 is 11.8 Å². The van der Waals surface area contributed by atoms with Gasteiger partial charge in [-0.25, -0.2) is 0 Å². The number of aryl methyl sites for hydroxylation is 1. The number of nitrogens with zero attached hydrogens (tertiary/aromatic N) is 1. The van der Waals surface area contributed by atoms with Gasteiger partial charge in [0.25, 0.3) is 0 Å². The Balaban J connectivity index is 1.87. The van der Waals surface area contributed by atoms with Gasteiger partial charge in [-0.15, -0.1) is 0 Å². The second-order valence-corrected chi connectivity index (χ2v) is 28.8. The zero-order valence-corrected chi connectivity index (χ0v) is 52.4. The van der Waals surface area contributed by atoms with Crippen LogP contribution in [-0.4, -0.2) is 41.1 Å². The van der Waals surface area contributed by atoms with Crippen molar-refractivity contribution in [3.05, 3.63) is 141 Å². The number of hydrogen-bond donors (Lipinski definition) is 1. The van der Waals surface area contributed by atoms with Crippen LogP contribution < -0.4 is 5.32 Å². The highest BCUT2D eigenvalue weighted by Gasteiger charge is 2.63. The number of rotatable bonds is 20. The topological polar surface area (TPSA) is 15.3 Å². The molecule has 6 unspecified atom stereocenters. The molecular weight excluding hydrogens is 912 g/mol. The Kier molecular flexibility index (Phi) is 21.6. The quantitative estimate of drug-likeness (QED) is 0.104. The number of nitrogens with one attached hydrogen (secondary N) is 1. The van der Waals surface area contributed by atoms with Crippen LogP contribution in [0.3, 0.4) is 0 Å². The molecule has 0 aromatic heterocycles. The van der Waals surface area contributed by atoms with Crippen LogP contribution in [0.2, 0.25) is 0 Å². The molecule has 4 heteroatoms. The molecule has 5 rings (SSSR count). The maximum absolute atomic E-state index is 4.97. The number of hydrogen-bond acceptors (Lipinski definition) is 3. The molecule has 2 saturated heterocycles. The normalized spacial score (nSPS) is 26.9. The minimum atomic E-state index is 0.0714. The van der Waals surface area contributed by atoms with Gasteiger partial charge in [0.1, 0.15) is 0 Å². The summed E-state index contributed by atoms with van der Waals surface area (Å²) in [7, 11) is 0. The van der Waals surface area contributed by atoms with Gasteiger partial charge in [-0.2, -0.15) is 11.8 Å². The molecule has 2 saturated carbocycles. The van der Waals surface area contributed by atoms with Crippen LogP contribution in [0.1, 0.15) is 213 Å². The molecule has 2 nitrogen and oxygen atoms in total. The van der Waals surface area contributed by atoms with E-state index in [1.807, 2.05) is 0 Å². The maximum Gasteiger partial charge on any atom is 0.223 e. The van der Waals surface area contributed by atoms with Gasteiger partial charge in [-0.05, 0) is 177 Å². The standard InChI is InChI=1S/C70H109BN2S/c1-23-29-56-32-33-57(42-52(56)12)54(14)61(31-27-36-67(15,16)37-34-47(5)6)72-62(43-51(11)48(7)8)60-46-73(41-28-30-55(25-3)53(13)49(9)24-2)64-63-65(70(21,22)40-39-69(63,19)20)74-66(64)71(60)59(26-4)44-58-45-68(17,18)38-35-50(58)10/h23,26-33,36,42-44,47-50,63-66,72H,14,24-25,34-35,37-41,45-46H2,1-13,15-22H3/b29-23-,30-28-,36-27+,51-43+,55-53+,58-44+,59-26+,61-31+,62-60-. The van der Waals surface area contributed by atoms with Crippen molar-refractivity contribution < 1.29 is 0 Å². The molecule has 4 aliphatic rings. The highest BCUT2D eigenvalue weighted by molar-refractivity contribution is 8.02. The van der Waals surface area contributed by atoms with E-state index in [2.05, 4.69) is 246 Å². The highest BCUT2D eigenvalue weighted by Crippen LogP contribution is 2.63. The van der Waals surface area contributed by atoms with Crippen molar-refractivity contribution in [3.8, 4) is 0 Å². The minimum Gasteiger partial charge on any atom is -0.356 e. The van der Waals surface area contributed by atoms with Gasteiger partial charge in [0, 0.05) is 40.9 Å². The Labute approximate surface area is 462 Å². The molecular formula is C70H109BN2S. The van der Waals surface area contributed by atoms with Crippen molar-refractivity contribution in [1.82, 2.24) is 10.2 Å². The van der Waals surface area contributed by atoms with Gasteiger partial charge in [0.15, 0.2) is 0 Å². The summed E-state index contributed by atoms with van der Waals surface area (Å²) < 4.78 is 0. The van der Waals surface area contributed by atoms with Gasteiger partial charge in [-0.3, -0.25) is 4.90 Å². The molecule has 0 spiro atoms. The smallest absolute Gasteiger partial charge is 0.223 e. The Morgan fingerprint density at radius 2 is 1.68 bits per heavy atom. The molecule has 0 bridgehead atoms. The fourth-order valence-corrected chi connectivity index (χ4v) is 15.2. The summed E-state index contributed by atoms with van der Waals surface area (Å²) in [6.45, 7) is 57.7. The summed E-state index contributed by atoms with van der Waals surface area (Å²) in [6, 6.07) is 7.32.